The number of fused-ring (bicyclic) bond motifs is 2. The number of pyridine rings is 3. The van der Waals surface area contributed by atoms with Crippen LogP contribution in [0.15, 0.2) is 73.3 Å². The molecule has 0 saturated carbocycles. The van der Waals surface area contributed by atoms with E-state index in [1.165, 1.54) is 30.9 Å². The first-order chi connectivity index (χ1) is 18.7. The Morgan fingerprint density at radius 1 is 0.868 bits per heavy atom. The normalized spacial score (nSPS) is 14.4. The fourth-order valence-corrected chi connectivity index (χ4v) is 5.44. The highest BCUT2D eigenvalue weighted by Gasteiger charge is 2.17. The number of rotatable bonds is 5. The molecule has 6 aromatic rings. The fourth-order valence-electron chi connectivity index (χ4n) is 5.44. The molecule has 1 aromatic carbocycles. The van der Waals surface area contributed by atoms with Crippen molar-refractivity contribution in [3.8, 4) is 33.8 Å². The molecule has 7 rings (SSSR count). The molecular weight excluding hydrogens is 477 g/mol. The molecule has 0 aliphatic carbocycles. The van der Waals surface area contributed by atoms with Crippen molar-refractivity contribution in [2.75, 3.05) is 13.1 Å². The van der Waals surface area contributed by atoms with E-state index < -0.39 is 0 Å². The van der Waals surface area contributed by atoms with Crippen molar-refractivity contribution >= 4 is 21.9 Å². The summed E-state index contributed by atoms with van der Waals surface area (Å²) in [6.45, 7) is 3.20. The zero-order valence-corrected chi connectivity index (χ0v) is 20.8. The van der Waals surface area contributed by atoms with E-state index in [2.05, 4.69) is 41.1 Å². The predicted molar refractivity (Wildman–Crippen MR) is 147 cm³/mol. The summed E-state index contributed by atoms with van der Waals surface area (Å²) >= 11 is 0. The quantitative estimate of drug-likeness (QED) is 0.286. The van der Waals surface area contributed by atoms with Gasteiger partial charge in [0.15, 0.2) is 0 Å². The van der Waals surface area contributed by atoms with Gasteiger partial charge >= 0.3 is 0 Å². The Morgan fingerprint density at radius 3 is 2.66 bits per heavy atom. The summed E-state index contributed by atoms with van der Waals surface area (Å²) in [6, 6.07) is 14.8. The van der Waals surface area contributed by atoms with E-state index >= 15 is 0 Å². The third-order valence-corrected chi connectivity index (χ3v) is 7.34. The number of nitrogens with one attached hydrogen (secondary N) is 2. The molecule has 1 fully saturated rings. The minimum Gasteiger partial charge on any atom is -0.338 e. The number of hydrogen-bond acceptors (Lipinski definition) is 5. The summed E-state index contributed by atoms with van der Waals surface area (Å²) in [7, 11) is 0. The van der Waals surface area contributed by atoms with E-state index in [9.17, 15) is 4.39 Å². The van der Waals surface area contributed by atoms with Crippen LogP contribution >= 0.6 is 0 Å². The van der Waals surface area contributed by atoms with E-state index in [1.807, 2.05) is 42.9 Å². The number of halogens is 1. The van der Waals surface area contributed by atoms with Gasteiger partial charge in [-0.25, -0.2) is 9.37 Å². The topological polar surface area (TPSA) is 86.4 Å². The lowest BCUT2D eigenvalue weighted by molar-refractivity contribution is 0.220. The molecule has 0 amide bonds. The van der Waals surface area contributed by atoms with Crippen LogP contribution in [0, 0.1) is 5.82 Å². The minimum absolute atomic E-state index is 0.264. The van der Waals surface area contributed by atoms with Gasteiger partial charge in [-0.05, 0) is 67.4 Å². The number of hydrogen-bond donors (Lipinski definition) is 2. The standard InChI is InChI=1S/C30H26FN7/c31-25-7-3-2-6-22(25)21-8-9-33-30-23(21)13-27(35-30)29-24-14-26(34-17-28(24)36-37-29)20-12-19(15-32-16-20)18-38-10-4-1-5-11-38/h2-3,6-9,12-17H,1,4-5,10-11,18H2,(H,33,35)(H,36,37). The van der Waals surface area contributed by atoms with Crippen molar-refractivity contribution < 1.29 is 4.39 Å². The first-order valence-electron chi connectivity index (χ1n) is 13.0. The summed E-state index contributed by atoms with van der Waals surface area (Å²) in [5.74, 6) is -0.264. The SMILES string of the molecule is Fc1ccccc1-c1ccnc2[nH]c(-c3n[nH]c4cnc(-c5cncc(CN6CCCCC6)c5)cc34)cc12. The molecule has 6 heterocycles. The van der Waals surface area contributed by atoms with Crippen LogP contribution in [-0.4, -0.2) is 48.1 Å². The Bertz CT molecular complexity index is 1760. The average molecular weight is 504 g/mol. The maximum absolute atomic E-state index is 14.6. The van der Waals surface area contributed by atoms with Crippen LogP contribution in [0.4, 0.5) is 4.39 Å². The van der Waals surface area contributed by atoms with E-state index in [0.717, 1.165) is 64.1 Å². The summed E-state index contributed by atoms with van der Waals surface area (Å²) < 4.78 is 14.6. The first-order valence-corrected chi connectivity index (χ1v) is 13.0. The Morgan fingerprint density at radius 2 is 1.76 bits per heavy atom. The third-order valence-electron chi connectivity index (χ3n) is 7.34. The summed E-state index contributed by atoms with van der Waals surface area (Å²) in [6.07, 6.45) is 11.2. The van der Waals surface area contributed by atoms with Gasteiger partial charge in [-0.15, -0.1) is 0 Å². The predicted octanol–water partition coefficient (Wildman–Crippen LogP) is 6.36. The highest BCUT2D eigenvalue weighted by Crippen LogP contribution is 2.34. The molecule has 0 atom stereocenters. The van der Waals surface area contributed by atoms with Gasteiger partial charge in [0.1, 0.15) is 17.2 Å². The molecule has 2 N–H and O–H groups in total. The second-order valence-corrected chi connectivity index (χ2v) is 9.89. The molecule has 188 valence electrons. The summed E-state index contributed by atoms with van der Waals surface area (Å²) in [5.41, 5.74) is 7.43. The van der Waals surface area contributed by atoms with Crippen molar-refractivity contribution in [1.82, 2.24) is 35.0 Å². The van der Waals surface area contributed by atoms with Crippen molar-refractivity contribution in [2.24, 2.45) is 0 Å². The number of H-pyrrole nitrogens is 2. The van der Waals surface area contributed by atoms with Crippen LogP contribution in [0.2, 0.25) is 0 Å². The monoisotopic (exact) mass is 503 g/mol. The van der Waals surface area contributed by atoms with E-state index in [0.29, 0.717) is 11.2 Å². The van der Waals surface area contributed by atoms with Gasteiger partial charge < -0.3 is 4.98 Å². The molecule has 8 heteroatoms. The molecule has 1 saturated heterocycles. The number of benzene rings is 1. The first kappa shape index (κ1) is 22.7. The largest absolute Gasteiger partial charge is 0.338 e. The lowest BCUT2D eigenvalue weighted by Gasteiger charge is -2.26. The van der Waals surface area contributed by atoms with Crippen LogP contribution in [0.3, 0.4) is 0 Å². The molecular formula is C30H26FN7. The van der Waals surface area contributed by atoms with Crippen LogP contribution in [0.1, 0.15) is 24.8 Å². The van der Waals surface area contributed by atoms with Crippen LogP contribution in [-0.2, 0) is 6.54 Å². The number of aromatic amines is 2. The molecule has 0 unspecified atom stereocenters. The number of aromatic nitrogens is 6. The maximum atomic E-state index is 14.6. The van der Waals surface area contributed by atoms with Crippen molar-refractivity contribution in [3.63, 3.8) is 0 Å². The van der Waals surface area contributed by atoms with Gasteiger partial charge in [-0.1, -0.05) is 24.6 Å². The zero-order valence-electron chi connectivity index (χ0n) is 20.8. The number of piperidine rings is 1. The lowest BCUT2D eigenvalue weighted by Crippen LogP contribution is -2.29. The summed E-state index contributed by atoms with van der Waals surface area (Å²) in [5, 5.41) is 9.47. The van der Waals surface area contributed by atoms with Crippen LogP contribution < -0.4 is 0 Å². The fraction of sp³-hybridized carbons (Fsp3) is 0.200. The third kappa shape index (κ3) is 4.13. The van der Waals surface area contributed by atoms with Gasteiger partial charge in [-0.3, -0.25) is 20.0 Å². The smallest absolute Gasteiger partial charge is 0.138 e. The average Bonchev–Trinajstić information content (AvgIpc) is 3.58. The maximum Gasteiger partial charge on any atom is 0.138 e. The zero-order chi connectivity index (χ0) is 25.5. The molecule has 7 nitrogen and oxygen atoms in total. The Hall–Kier alpha value is -4.43. The Kier molecular flexibility index (Phi) is 5.66. The molecule has 0 radical (unpaired) electrons. The number of likely N-dealkylation sites (tertiary alicyclic amines) is 1. The van der Waals surface area contributed by atoms with Crippen LogP contribution in [0.5, 0.6) is 0 Å². The molecule has 1 aliphatic rings. The van der Waals surface area contributed by atoms with E-state index in [1.54, 1.807) is 18.3 Å². The molecule has 0 spiro atoms. The Balaban J connectivity index is 1.26. The van der Waals surface area contributed by atoms with Crippen molar-refractivity contribution in [1.29, 1.82) is 0 Å². The Labute approximate surface area is 218 Å². The lowest BCUT2D eigenvalue weighted by atomic mass is 10.0. The highest BCUT2D eigenvalue weighted by molar-refractivity contribution is 6.00. The molecule has 5 aromatic heterocycles. The molecule has 0 bridgehead atoms. The van der Waals surface area contributed by atoms with Gasteiger partial charge in [0.05, 0.1) is 23.1 Å². The molecule has 38 heavy (non-hydrogen) atoms. The summed E-state index contributed by atoms with van der Waals surface area (Å²) in [4.78, 5) is 19.6. The van der Waals surface area contributed by atoms with Crippen LogP contribution in [0.25, 0.3) is 55.7 Å². The van der Waals surface area contributed by atoms with Gasteiger partial charge in [0.25, 0.3) is 0 Å². The molecule has 1 aliphatic heterocycles. The highest BCUT2D eigenvalue weighted by atomic mass is 19.1. The van der Waals surface area contributed by atoms with E-state index in [4.69, 9.17) is 0 Å². The van der Waals surface area contributed by atoms with Crippen molar-refractivity contribution in [3.05, 3.63) is 84.7 Å². The van der Waals surface area contributed by atoms with E-state index in [-0.39, 0.29) is 5.82 Å². The number of nitrogens with zero attached hydrogens (tertiary/aromatic N) is 5. The van der Waals surface area contributed by atoms with Gasteiger partial charge in [-0.2, -0.15) is 5.10 Å². The van der Waals surface area contributed by atoms with Gasteiger partial charge in [0.2, 0.25) is 0 Å². The second-order valence-electron chi connectivity index (χ2n) is 9.89. The van der Waals surface area contributed by atoms with Gasteiger partial charge in [0, 0.05) is 47.0 Å². The van der Waals surface area contributed by atoms with Crippen molar-refractivity contribution in [2.45, 2.75) is 25.8 Å². The second kappa shape index (κ2) is 9.46. The minimum atomic E-state index is -0.264.